The van der Waals surface area contributed by atoms with Crippen molar-refractivity contribution in [2.45, 2.75) is 69.7 Å². The quantitative estimate of drug-likeness (QED) is 0.0414. The summed E-state index contributed by atoms with van der Waals surface area (Å²) in [6.45, 7) is 11.0. The van der Waals surface area contributed by atoms with E-state index in [1.165, 1.54) is 18.9 Å². The van der Waals surface area contributed by atoms with Gasteiger partial charge >= 0.3 is 82.8 Å². The van der Waals surface area contributed by atoms with Crippen molar-refractivity contribution in [2.75, 3.05) is 54.2 Å². The molecule has 0 bridgehead atoms. The number of hydrogen-bond donors (Lipinski definition) is 4. The topological polar surface area (TPSA) is 222 Å². The zero-order valence-electron chi connectivity index (χ0n) is 54.1. The van der Waals surface area contributed by atoms with Crippen LogP contribution in [0.4, 0.5) is 0 Å². The molecule has 4 N–H and O–H groups in total. The largest absolute Gasteiger partial charge is 2.00 e. The summed E-state index contributed by atoms with van der Waals surface area (Å²) in [4.78, 5) is 46.4. The molecule has 3 aliphatic rings. The predicted molar refractivity (Wildman–Crippen MR) is 411 cm³/mol. The molecule has 1 saturated heterocycles. The Morgan fingerprint density at radius 2 is 0.905 bits per heavy atom. The second-order valence-electron chi connectivity index (χ2n) is 19.4. The molecule has 2 aliphatic carbocycles. The number of phenolic OH excluding ortho intramolecular Hbond substituents is 2. The van der Waals surface area contributed by atoms with Crippen LogP contribution in [0.5, 0.6) is 34.5 Å². The van der Waals surface area contributed by atoms with E-state index in [1.807, 2.05) is 74.5 Å². The molecule has 512 valence electrons. The maximum Gasteiger partial charge on any atom is 2.00 e. The molecular weight excluding hydrogens is 1810 g/mol. The van der Waals surface area contributed by atoms with E-state index in [1.54, 1.807) is 110 Å². The monoisotopic (exact) mass is 1880 g/mol. The maximum atomic E-state index is 11.7. The van der Waals surface area contributed by atoms with Crippen LogP contribution in [0, 0.1) is 26.8 Å². The Morgan fingerprint density at radius 3 is 1.31 bits per heavy atom. The summed E-state index contributed by atoms with van der Waals surface area (Å²) in [5.74, 6) is 3.46. The molecule has 2 radical (unpaired) electrons. The number of aromatic hydroxyl groups is 2. The third kappa shape index (κ3) is 28.0. The average molecular weight is 1890 g/mol. The Balaban J connectivity index is -0.000000247. The fourth-order valence-electron chi connectivity index (χ4n) is 8.66. The van der Waals surface area contributed by atoms with Gasteiger partial charge in [0, 0.05) is 132 Å². The van der Waals surface area contributed by atoms with Crippen molar-refractivity contribution in [1.82, 2.24) is 0 Å². The Hall–Kier alpha value is -2.72. The SMILES string of the molecule is BrBr.C.C.C.C1CCOC1.CC1=C(Br)C(=O)c2ccccc2C1=O.CC1=CC(=O)c2ccccc2C1=O.COc1[c-]c(C)c(OC)c2ccccc12.COc1c(C)c(Br)c(OC)c2ccccc12.CS(C)(=O)(O)OO.Cc1c(Br)c(O)c2ccccc2c1O.[Br-].[Cl][Sn][Cl].[H-].[H-].[Mg+2].[Mg+2]. The number of hydrogen-bond acceptors (Lipinski definition) is 14. The normalized spacial score (nSPS) is 12.3. The minimum Gasteiger partial charge on any atom is -1.00 e. The van der Waals surface area contributed by atoms with E-state index in [2.05, 4.69) is 86.4 Å². The van der Waals surface area contributed by atoms with Crippen molar-refractivity contribution in [3.8, 4) is 34.5 Å². The molecule has 0 amide bonds. The van der Waals surface area contributed by atoms with Gasteiger partial charge < -0.3 is 58.3 Å². The zero-order valence-corrected chi connectivity index (χ0v) is 69.6. The van der Waals surface area contributed by atoms with E-state index >= 15 is 0 Å². The van der Waals surface area contributed by atoms with E-state index in [9.17, 15) is 33.6 Å². The maximum absolute atomic E-state index is 11.7. The number of ether oxygens (including phenoxy) is 5. The number of ketones is 4. The van der Waals surface area contributed by atoms with Crippen LogP contribution in [-0.2, 0) is 18.7 Å². The number of allylic oxidation sites excluding steroid dienone is 4. The molecule has 1 aliphatic heterocycles. The molecule has 0 aromatic heterocycles. The van der Waals surface area contributed by atoms with Crippen LogP contribution in [0.2, 0.25) is 0 Å². The summed E-state index contributed by atoms with van der Waals surface area (Å²) >= 11 is 14.6. The molecule has 15 nitrogen and oxygen atoms in total. The first kappa shape index (κ1) is 98.7. The number of halogens is 8. The van der Waals surface area contributed by atoms with E-state index < -0.39 is 28.5 Å². The summed E-state index contributed by atoms with van der Waals surface area (Å²) in [5.41, 5.74) is 5.68. The van der Waals surface area contributed by atoms with Gasteiger partial charge in [0.1, 0.15) is 32.6 Å². The number of methoxy groups -OCH3 is 4. The van der Waals surface area contributed by atoms with Crippen molar-refractivity contribution in [2.24, 2.45) is 0 Å². The molecule has 0 unspecified atom stereocenters. The summed E-state index contributed by atoms with van der Waals surface area (Å²) in [6.07, 6.45) is 5.75. The van der Waals surface area contributed by atoms with Crippen LogP contribution >= 0.6 is 93.9 Å². The molecule has 95 heavy (non-hydrogen) atoms. The Kier molecular flexibility index (Phi) is 50.0. The first-order valence-electron chi connectivity index (χ1n) is 26.4. The number of Topliss-reactive ketones (excluding diaryl/α,β-unsaturated/α-hetero) is 3. The third-order valence-electron chi connectivity index (χ3n) is 13.0. The van der Waals surface area contributed by atoms with Crippen LogP contribution in [0.15, 0.2) is 152 Å². The van der Waals surface area contributed by atoms with E-state index in [-0.39, 0.29) is 123 Å². The summed E-state index contributed by atoms with van der Waals surface area (Å²) in [5, 5.41) is 32.8. The molecule has 8 aromatic rings. The van der Waals surface area contributed by atoms with Gasteiger partial charge in [-0.3, -0.25) is 19.2 Å². The Morgan fingerprint density at radius 1 is 0.547 bits per heavy atom. The van der Waals surface area contributed by atoms with Crippen LogP contribution in [0.3, 0.4) is 0 Å². The molecule has 0 atom stereocenters. The van der Waals surface area contributed by atoms with Crippen molar-refractivity contribution in [1.29, 1.82) is 0 Å². The van der Waals surface area contributed by atoms with Crippen molar-refractivity contribution in [3.05, 3.63) is 197 Å². The zero-order chi connectivity index (χ0) is 66.9. The van der Waals surface area contributed by atoms with Crippen LogP contribution in [0.1, 0.15) is 110 Å². The second kappa shape index (κ2) is 48.2. The van der Waals surface area contributed by atoms with E-state index in [0.717, 1.165) is 85.9 Å². The standard InChI is InChI=1S/C13H13BrO2.C13H13O2.C11H9BrO2.C11H7BrO2.C11H8O2.C4H8O.C2H8O4S.3CH4.Br2.BrH.2ClH.2Mg.Sn.2H/c1-8-11(14)13(16-3)10-7-5-4-6-9(10)12(8)15-2;1-9-8-12(14-2)10-6-4-5-7-11(10)13(9)15-3;2*1-6-9(12)11(14)8-5-3-2-4-7(8)10(6)13;1-7-6-10(12)8-4-2-3-5-9(8)11(7)13;1-2-4-5-3-1;1-7(2,4,5)6-3;;;;1-2;;;;;;;;/h4-7H,1-3H3;4-7H,1-3H3;2-5,13-14H,1H3;2-5H,1H3;2-6H,1H3;1-4H2;3H,1-2H3,(H,4,5);3*1H4;;3*1H;;;;;/q;-1;;;;;;;;;;;;;3*+2;2*-1/p-3. The van der Waals surface area contributed by atoms with Gasteiger partial charge in [0.2, 0.25) is 5.78 Å². The molecule has 8 aromatic carbocycles. The molecule has 0 spiro atoms. The molecule has 1 fully saturated rings. The third-order valence-corrected chi connectivity index (χ3v) is 16.3. The number of carbonyl (C=O) groups is 4. The van der Waals surface area contributed by atoms with E-state index in [4.69, 9.17) is 51.3 Å². The van der Waals surface area contributed by atoms with Crippen LogP contribution in [0.25, 0.3) is 32.3 Å². The number of benzene rings is 8. The number of fused-ring (bicyclic) bond motifs is 5. The van der Waals surface area contributed by atoms with Crippen molar-refractivity contribution >= 4 is 224 Å². The van der Waals surface area contributed by atoms with Crippen LogP contribution < -0.4 is 35.9 Å². The van der Waals surface area contributed by atoms with E-state index in [0.29, 0.717) is 58.7 Å². The summed E-state index contributed by atoms with van der Waals surface area (Å²) in [6, 6.07) is 40.2. The summed E-state index contributed by atoms with van der Waals surface area (Å²) in [7, 11) is 12.5. The fourth-order valence-corrected chi connectivity index (χ4v) is 10.0. The van der Waals surface area contributed by atoms with Gasteiger partial charge in [-0.1, -0.05) is 155 Å². The average Bonchev–Trinajstić information content (AvgIpc) is 1.79. The number of carbonyl (C=O) groups excluding carboxylic acids is 4. The van der Waals surface area contributed by atoms with Crippen molar-refractivity contribution < 1.29 is 91.3 Å². The summed E-state index contributed by atoms with van der Waals surface area (Å²) < 4.78 is 50.2. The molecule has 1 heterocycles. The molecule has 27 heteroatoms. The van der Waals surface area contributed by atoms with Gasteiger partial charge in [0.25, 0.3) is 0 Å². The second-order valence-corrected chi connectivity index (χ2v) is 29.5. The van der Waals surface area contributed by atoms with Crippen molar-refractivity contribution in [3.63, 3.8) is 0 Å². The van der Waals surface area contributed by atoms with Gasteiger partial charge in [-0.25, -0.2) is 9.47 Å². The van der Waals surface area contributed by atoms with Crippen LogP contribution in [-0.4, -0.2) is 167 Å². The fraction of sp³-hybridized carbons (Fsp3) is 0.265. The van der Waals surface area contributed by atoms with Gasteiger partial charge in [0.05, 0.1) is 41.9 Å². The number of rotatable bonds is 5. The van der Waals surface area contributed by atoms with Gasteiger partial charge in [-0.05, 0) is 94.4 Å². The minimum atomic E-state index is -4.06. The Labute approximate surface area is 662 Å². The smallest absolute Gasteiger partial charge is 1.00 e. The van der Waals surface area contributed by atoms with Gasteiger partial charge in [-0.15, -0.1) is 22.0 Å². The predicted octanol–water partition coefficient (Wildman–Crippen LogP) is 16.8. The number of phenols is 2. The first-order valence-corrected chi connectivity index (χ1v) is 42.3. The van der Waals surface area contributed by atoms with Gasteiger partial charge in [-0.2, -0.15) is 0 Å². The van der Waals surface area contributed by atoms with Gasteiger partial charge in [0.15, 0.2) is 17.3 Å². The first-order chi connectivity index (χ1) is 42.2. The number of aryl methyl sites for hydroxylation is 1. The Bertz CT molecular complexity index is 3820. The molecule has 11 rings (SSSR count). The molecular formula is C68H80Br6Cl2Mg2O15SSn. The molecule has 0 saturated carbocycles. The minimum absolute atomic E-state index is 0.